The van der Waals surface area contributed by atoms with Gasteiger partial charge in [0.15, 0.2) is 5.65 Å². The van der Waals surface area contributed by atoms with E-state index in [9.17, 15) is 18.0 Å². The summed E-state index contributed by atoms with van der Waals surface area (Å²) in [5, 5.41) is 6.86. The van der Waals surface area contributed by atoms with Crippen molar-refractivity contribution < 1.29 is 22.7 Å². The van der Waals surface area contributed by atoms with E-state index in [1.165, 1.54) is 18.5 Å². The van der Waals surface area contributed by atoms with E-state index in [0.717, 1.165) is 11.6 Å². The molecule has 1 unspecified atom stereocenters. The number of methoxy groups -OCH3 is 1. The third kappa shape index (κ3) is 4.33. The Morgan fingerprint density at radius 2 is 2.00 bits per heavy atom. The molecule has 1 N–H and O–H groups in total. The summed E-state index contributed by atoms with van der Waals surface area (Å²) in [6, 6.07) is 7.93. The fraction of sp³-hybridized carbons (Fsp3) is 0.350. The lowest BCUT2D eigenvalue weighted by Gasteiger charge is -2.15. The monoisotopic (exact) mass is 406 g/mol. The van der Waals surface area contributed by atoms with Crippen molar-refractivity contribution in [2.45, 2.75) is 39.5 Å². The fourth-order valence-electron chi connectivity index (χ4n) is 3.23. The highest BCUT2D eigenvalue weighted by molar-refractivity contribution is 5.85. The van der Waals surface area contributed by atoms with Gasteiger partial charge in [0.2, 0.25) is 5.91 Å². The van der Waals surface area contributed by atoms with Gasteiger partial charge in [0.25, 0.3) is 0 Å². The molecule has 0 bridgehead atoms. The van der Waals surface area contributed by atoms with Gasteiger partial charge in [-0.05, 0) is 44.5 Å². The molecule has 1 amide bonds. The van der Waals surface area contributed by atoms with Crippen LogP contribution in [-0.2, 0) is 17.5 Å². The van der Waals surface area contributed by atoms with Gasteiger partial charge in [-0.25, -0.2) is 9.67 Å². The van der Waals surface area contributed by atoms with Gasteiger partial charge in [0, 0.05) is 5.69 Å². The molecular weight excluding hydrogens is 385 g/mol. The van der Waals surface area contributed by atoms with E-state index in [4.69, 9.17) is 4.74 Å². The number of carbonyl (C=O) groups is 1. The standard InChI is InChI=1S/C20H21F3N4O2/c1-11-8-16(20(21,22)23)18-13(3)26-27(19(18)24-11)10-17(28)25-12(2)14-6-5-7-15(9-14)29-4/h5-9,12H,10H2,1-4H3,(H,25,28). The average molecular weight is 406 g/mol. The van der Waals surface area contributed by atoms with Gasteiger partial charge < -0.3 is 10.1 Å². The first-order valence-corrected chi connectivity index (χ1v) is 8.95. The van der Waals surface area contributed by atoms with Crippen LogP contribution < -0.4 is 10.1 Å². The fourth-order valence-corrected chi connectivity index (χ4v) is 3.23. The molecule has 2 heterocycles. The number of ether oxygens (including phenoxy) is 1. The number of fused-ring (bicyclic) bond motifs is 1. The molecule has 1 aromatic carbocycles. The van der Waals surface area contributed by atoms with Crippen LogP contribution in [0.5, 0.6) is 5.75 Å². The van der Waals surface area contributed by atoms with Crippen LogP contribution in [0, 0.1) is 13.8 Å². The van der Waals surface area contributed by atoms with E-state index in [1.54, 1.807) is 19.2 Å². The number of aromatic nitrogens is 3. The molecule has 0 spiro atoms. The van der Waals surface area contributed by atoms with Gasteiger partial charge in [0.05, 0.1) is 29.8 Å². The third-order valence-electron chi connectivity index (χ3n) is 4.58. The van der Waals surface area contributed by atoms with E-state index >= 15 is 0 Å². The van der Waals surface area contributed by atoms with Crippen molar-refractivity contribution in [2.75, 3.05) is 7.11 Å². The van der Waals surface area contributed by atoms with Crippen molar-refractivity contribution >= 4 is 16.9 Å². The number of hydrogen-bond acceptors (Lipinski definition) is 4. The van der Waals surface area contributed by atoms with Crippen LogP contribution in [-0.4, -0.2) is 27.8 Å². The molecule has 154 valence electrons. The highest BCUT2D eigenvalue weighted by Crippen LogP contribution is 2.36. The Bertz CT molecular complexity index is 1060. The van der Waals surface area contributed by atoms with Gasteiger partial charge in [0.1, 0.15) is 12.3 Å². The van der Waals surface area contributed by atoms with Crippen molar-refractivity contribution in [1.82, 2.24) is 20.1 Å². The molecular formula is C20H21F3N4O2. The largest absolute Gasteiger partial charge is 0.497 e. The molecule has 2 aromatic heterocycles. The molecule has 0 fully saturated rings. The summed E-state index contributed by atoms with van der Waals surface area (Å²) in [5.41, 5.74) is 0.463. The van der Waals surface area contributed by atoms with Crippen LogP contribution >= 0.6 is 0 Å². The van der Waals surface area contributed by atoms with Crippen molar-refractivity contribution in [3.8, 4) is 5.75 Å². The first-order chi connectivity index (χ1) is 13.6. The molecule has 0 saturated heterocycles. The summed E-state index contributed by atoms with van der Waals surface area (Å²) < 4.78 is 46.6. The second kappa shape index (κ2) is 7.73. The van der Waals surface area contributed by atoms with E-state index in [1.807, 2.05) is 19.1 Å². The maximum atomic E-state index is 13.4. The molecule has 6 nitrogen and oxygen atoms in total. The summed E-state index contributed by atoms with van der Waals surface area (Å²) in [4.78, 5) is 16.7. The molecule has 9 heteroatoms. The van der Waals surface area contributed by atoms with E-state index in [-0.39, 0.29) is 40.9 Å². The highest BCUT2D eigenvalue weighted by atomic mass is 19.4. The second-order valence-corrected chi connectivity index (χ2v) is 6.82. The maximum absolute atomic E-state index is 13.4. The lowest BCUT2D eigenvalue weighted by atomic mass is 10.1. The Hall–Kier alpha value is -3.10. The van der Waals surface area contributed by atoms with Gasteiger partial charge in [-0.1, -0.05) is 12.1 Å². The topological polar surface area (TPSA) is 69.0 Å². The first-order valence-electron chi connectivity index (χ1n) is 8.95. The number of aryl methyl sites for hydroxylation is 2. The molecule has 29 heavy (non-hydrogen) atoms. The first kappa shape index (κ1) is 20.6. The van der Waals surface area contributed by atoms with Gasteiger partial charge in [-0.2, -0.15) is 18.3 Å². The summed E-state index contributed by atoms with van der Waals surface area (Å²) in [6.45, 7) is 4.52. The molecule has 3 rings (SSSR count). The Morgan fingerprint density at radius 1 is 1.28 bits per heavy atom. The Kier molecular flexibility index (Phi) is 5.50. The quantitative estimate of drug-likeness (QED) is 0.697. The van der Waals surface area contributed by atoms with Crippen LogP contribution in [0.25, 0.3) is 11.0 Å². The predicted octanol–water partition coefficient (Wildman–Crippen LogP) is 3.95. The Morgan fingerprint density at radius 3 is 2.66 bits per heavy atom. The molecule has 0 aliphatic carbocycles. The normalized spacial score (nSPS) is 12.8. The minimum absolute atomic E-state index is 0.0407. The Labute approximate surface area is 165 Å². The third-order valence-corrected chi connectivity index (χ3v) is 4.58. The SMILES string of the molecule is COc1cccc(C(C)NC(=O)Cn2nc(C)c3c(C(F)(F)F)cc(C)nc32)c1. The number of amides is 1. The molecule has 3 aromatic rings. The zero-order valence-corrected chi connectivity index (χ0v) is 16.5. The number of benzene rings is 1. The molecule has 0 aliphatic rings. The van der Waals surface area contributed by atoms with Gasteiger partial charge >= 0.3 is 6.18 Å². The summed E-state index contributed by atoms with van der Waals surface area (Å²) >= 11 is 0. The van der Waals surface area contributed by atoms with Crippen molar-refractivity contribution in [3.05, 3.63) is 52.8 Å². The van der Waals surface area contributed by atoms with E-state index < -0.39 is 11.7 Å². The maximum Gasteiger partial charge on any atom is 0.417 e. The molecule has 0 aliphatic heterocycles. The lowest BCUT2D eigenvalue weighted by molar-refractivity contribution is -0.136. The summed E-state index contributed by atoms with van der Waals surface area (Å²) in [5.74, 6) is 0.276. The number of hydrogen-bond donors (Lipinski definition) is 1. The lowest BCUT2D eigenvalue weighted by Crippen LogP contribution is -2.30. The molecule has 0 radical (unpaired) electrons. The number of pyridine rings is 1. The minimum atomic E-state index is -4.53. The summed E-state index contributed by atoms with van der Waals surface area (Å²) in [6.07, 6.45) is -4.53. The van der Waals surface area contributed by atoms with Crippen molar-refractivity contribution in [3.63, 3.8) is 0 Å². The highest BCUT2D eigenvalue weighted by Gasteiger charge is 2.35. The van der Waals surface area contributed by atoms with E-state index in [0.29, 0.717) is 5.75 Å². The summed E-state index contributed by atoms with van der Waals surface area (Å²) in [7, 11) is 1.55. The number of nitrogens with one attached hydrogen (secondary N) is 1. The molecule has 0 saturated carbocycles. The number of nitrogens with zero attached hydrogens (tertiary/aromatic N) is 3. The Balaban J connectivity index is 1.86. The number of alkyl halides is 3. The van der Waals surface area contributed by atoms with Gasteiger partial charge in [-0.3, -0.25) is 4.79 Å². The second-order valence-electron chi connectivity index (χ2n) is 6.82. The van der Waals surface area contributed by atoms with Crippen LogP contribution in [0.4, 0.5) is 13.2 Å². The average Bonchev–Trinajstić information content (AvgIpc) is 2.95. The van der Waals surface area contributed by atoms with Gasteiger partial charge in [-0.15, -0.1) is 0 Å². The predicted molar refractivity (Wildman–Crippen MR) is 102 cm³/mol. The van der Waals surface area contributed by atoms with Crippen molar-refractivity contribution in [2.24, 2.45) is 0 Å². The van der Waals surface area contributed by atoms with Crippen LogP contribution in [0.2, 0.25) is 0 Å². The molecule has 1 atom stereocenters. The van der Waals surface area contributed by atoms with Crippen LogP contribution in [0.15, 0.2) is 30.3 Å². The van der Waals surface area contributed by atoms with E-state index in [2.05, 4.69) is 15.4 Å². The zero-order chi connectivity index (χ0) is 21.3. The number of halogens is 3. The number of carbonyl (C=O) groups excluding carboxylic acids is 1. The zero-order valence-electron chi connectivity index (χ0n) is 16.5. The smallest absolute Gasteiger partial charge is 0.417 e. The van der Waals surface area contributed by atoms with Crippen molar-refractivity contribution in [1.29, 1.82) is 0 Å². The van der Waals surface area contributed by atoms with Crippen LogP contribution in [0.3, 0.4) is 0 Å². The minimum Gasteiger partial charge on any atom is -0.497 e. The number of rotatable bonds is 5. The van der Waals surface area contributed by atoms with Crippen LogP contribution in [0.1, 0.15) is 35.5 Å².